The van der Waals surface area contributed by atoms with Crippen molar-refractivity contribution >= 4 is 46.9 Å². The van der Waals surface area contributed by atoms with Gasteiger partial charge in [0, 0.05) is 25.3 Å². The number of hydrogen-bond donors (Lipinski definition) is 1. The number of nitrogens with zero attached hydrogens (tertiary/aromatic N) is 1. The van der Waals surface area contributed by atoms with Crippen LogP contribution in [0.1, 0.15) is 20.8 Å². The molecule has 1 aromatic heterocycles. The Morgan fingerprint density at radius 2 is 2.14 bits per heavy atom. The van der Waals surface area contributed by atoms with Crippen molar-refractivity contribution in [2.75, 3.05) is 18.0 Å². The highest BCUT2D eigenvalue weighted by Gasteiger charge is 2.25. The molecule has 2 aromatic rings. The molecule has 0 radical (unpaired) electrons. The molecule has 6 heteroatoms. The van der Waals surface area contributed by atoms with Crippen LogP contribution in [-0.4, -0.2) is 19.0 Å². The predicted octanol–water partition coefficient (Wildman–Crippen LogP) is 3.88. The lowest BCUT2D eigenvalue weighted by Gasteiger charge is -2.22. The van der Waals surface area contributed by atoms with Gasteiger partial charge >= 0.3 is 0 Å². The smallest absolute Gasteiger partial charge is 0.269 e. The van der Waals surface area contributed by atoms with Crippen LogP contribution in [0.4, 0.5) is 5.69 Å². The largest absolute Gasteiger partial charge is 0.311 e. The van der Waals surface area contributed by atoms with Crippen LogP contribution in [-0.2, 0) is 6.54 Å². The van der Waals surface area contributed by atoms with Crippen LogP contribution >= 0.6 is 35.3 Å². The van der Waals surface area contributed by atoms with Gasteiger partial charge < -0.3 is 10.2 Å². The van der Waals surface area contributed by atoms with Gasteiger partial charge in [0.05, 0.1) is 5.02 Å². The third-order valence-corrected chi connectivity index (χ3v) is 5.13. The number of thiophene rings is 1. The Labute approximate surface area is 139 Å². The summed E-state index contributed by atoms with van der Waals surface area (Å²) in [6.07, 6.45) is 0. The summed E-state index contributed by atoms with van der Waals surface area (Å²) in [5.74, 6) is -0.00995. The second-order valence-corrected chi connectivity index (χ2v) is 6.08. The molecule has 0 fully saturated rings. The minimum Gasteiger partial charge on any atom is -0.311 e. The van der Waals surface area contributed by atoms with Crippen LogP contribution in [0.3, 0.4) is 0 Å². The van der Waals surface area contributed by atoms with E-state index >= 15 is 0 Å². The Morgan fingerprint density at radius 1 is 1.38 bits per heavy atom. The summed E-state index contributed by atoms with van der Waals surface area (Å²) in [5.41, 5.74) is 3.08. The lowest BCUT2D eigenvalue weighted by Crippen LogP contribution is -2.34. The Morgan fingerprint density at radius 3 is 2.86 bits per heavy atom. The number of benzene rings is 1. The van der Waals surface area contributed by atoms with E-state index in [-0.39, 0.29) is 18.3 Å². The summed E-state index contributed by atoms with van der Waals surface area (Å²) in [5, 5.41) is 5.84. The van der Waals surface area contributed by atoms with Crippen LogP contribution in [0.2, 0.25) is 5.02 Å². The molecule has 3 rings (SSSR count). The molecule has 1 aliphatic rings. The van der Waals surface area contributed by atoms with E-state index in [2.05, 4.69) is 11.4 Å². The van der Waals surface area contributed by atoms with E-state index in [1.54, 1.807) is 0 Å². The van der Waals surface area contributed by atoms with Gasteiger partial charge in [0.2, 0.25) is 0 Å². The molecule has 0 saturated heterocycles. The summed E-state index contributed by atoms with van der Waals surface area (Å²) in [4.78, 5) is 15.2. The summed E-state index contributed by atoms with van der Waals surface area (Å²) in [7, 11) is 0. The quantitative estimate of drug-likeness (QED) is 0.852. The Kier molecular flexibility index (Phi) is 5.27. The molecule has 1 N–H and O–H groups in total. The van der Waals surface area contributed by atoms with Crippen LogP contribution in [0.15, 0.2) is 29.6 Å². The Hall–Kier alpha value is -1.07. The molecule has 21 heavy (non-hydrogen) atoms. The van der Waals surface area contributed by atoms with Gasteiger partial charge in [-0.05, 0) is 29.5 Å². The molecule has 112 valence electrons. The fraction of sp³-hybridized carbons (Fsp3) is 0.267. The minimum absolute atomic E-state index is 0. The first-order valence-corrected chi connectivity index (χ1v) is 7.78. The van der Waals surface area contributed by atoms with Crippen molar-refractivity contribution in [2.24, 2.45) is 0 Å². The molecule has 0 unspecified atom stereocenters. The highest BCUT2D eigenvalue weighted by molar-refractivity contribution is 7.13. The molecule has 1 aromatic carbocycles. The second kappa shape index (κ2) is 6.79. The van der Waals surface area contributed by atoms with Gasteiger partial charge in [-0.1, -0.05) is 29.8 Å². The number of carbonyl (C=O) groups excluding carboxylic acids is 1. The standard InChI is InChI=1S/C15H15ClN2OS.ClH/c1-10-9-20-14(13(10)16)15(19)18-7-6-17-8-11-4-2-3-5-12(11)18;/h2-5,9,17H,6-8H2,1H3;1H. The van der Waals surface area contributed by atoms with E-state index in [1.807, 2.05) is 35.4 Å². The average Bonchev–Trinajstić information content (AvgIpc) is 2.68. The number of rotatable bonds is 1. The normalized spacial score (nSPS) is 14.1. The lowest BCUT2D eigenvalue weighted by atomic mass is 10.1. The maximum atomic E-state index is 12.8. The fourth-order valence-corrected chi connectivity index (χ4v) is 3.59. The number of nitrogens with one attached hydrogen (secondary N) is 1. The van der Waals surface area contributed by atoms with E-state index in [0.29, 0.717) is 16.4 Å². The first-order valence-electron chi connectivity index (χ1n) is 6.52. The lowest BCUT2D eigenvalue weighted by molar-refractivity contribution is 0.0991. The van der Waals surface area contributed by atoms with Gasteiger partial charge in [0.25, 0.3) is 5.91 Å². The maximum Gasteiger partial charge on any atom is 0.269 e. The third kappa shape index (κ3) is 3.09. The van der Waals surface area contributed by atoms with Crippen molar-refractivity contribution < 1.29 is 4.79 Å². The maximum absolute atomic E-state index is 12.8. The predicted molar refractivity (Wildman–Crippen MR) is 91.1 cm³/mol. The average molecular weight is 343 g/mol. The SMILES string of the molecule is Cc1csc(C(=O)N2CCNCc3ccccc32)c1Cl.Cl. The van der Waals surface area contributed by atoms with Crippen LogP contribution in [0.25, 0.3) is 0 Å². The Bertz CT molecular complexity index is 657. The van der Waals surface area contributed by atoms with Crippen LogP contribution in [0.5, 0.6) is 0 Å². The molecule has 3 nitrogen and oxygen atoms in total. The fourth-order valence-electron chi connectivity index (χ4n) is 2.37. The zero-order valence-electron chi connectivity index (χ0n) is 11.6. The van der Waals surface area contributed by atoms with Gasteiger partial charge in [-0.2, -0.15) is 0 Å². The summed E-state index contributed by atoms with van der Waals surface area (Å²) < 4.78 is 0. The van der Waals surface area contributed by atoms with Gasteiger partial charge in [-0.15, -0.1) is 23.7 Å². The van der Waals surface area contributed by atoms with Gasteiger partial charge in [-0.25, -0.2) is 0 Å². The summed E-state index contributed by atoms with van der Waals surface area (Å²) >= 11 is 7.65. The summed E-state index contributed by atoms with van der Waals surface area (Å²) in [6.45, 7) is 4.15. The molecule has 0 atom stereocenters. The molecule has 1 amide bonds. The molecule has 1 aliphatic heterocycles. The van der Waals surface area contributed by atoms with Crippen molar-refractivity contribution in [1.29, 1.82) is 0 Å². The molecule has 0 aliphatic carbocycles. The highest BCUT2D eigenvalue weighted by atomic mass is 35.5. The van der Waals surface area contributed by atoms with E-state index < -0.39 is 0 Å². The molecular formula is C15H16Cl2N2OS. The number of carbonyl (C=O) groups is 1. The molecular weight excluding hydrogens is 327 g/mol. The van der Waals surface area contributed by atoms with Crippen LogP contribution in [0, 0.1) is 6.92 Å². The van der Waals surface area contributed by atoms with Crippen LogP contribution < -0.4 is 10.2 Å². The Balaban J connectivity index is 0.00000161. The number of halogens is 2. The number of amides is 1. The van der Waals surface area contributed by atoms with E-state index in [0.717, 1.165) is 29.9 Å². The number of para-hydroxylation sites is 1. The van der Waals surface area contributed by atoms with Gasteiger partial charge in [0.15, 0.2) is 0 Å². The van der Waals surface area contributed by atoms with Crippen molar-refractivity contribution in [2.45, 2.75) is 13.5 Å². The van der Waals surface area contributed by atoms with E-state index in [1.165, 1.54) is 11.3 Å². The topological polar surface area (TPSA) is 32.3 Å². The molecule has 2 heterocycles. The summed E-state index contributed by atoms with van der Waals surface area (Å²) in [6, 6.07) is 8.01. The minimum atomic E-state index is -0.00995. The zero-order chi connectivity index (χ0) is 14.1. The first kappa shape index (κ1) is 16.3. The number of anilines is 1. The zero-order valence-corrected chi connectivity index (χ0v) is 13.9. The van der Waals surface area contributed by atoms with Gasteiger partial charge in [-0.3, -0.25) is 4.79 Å². The van der Waals surface area contributed by atoms with Crippen molar-refractivity contribution in [1.82, 2.24) is 5.32 Å². The molecule has 0 bridgehead atoms. The second-order valence-electron chi connectivity index (χ2n) is 4.82. The first-order chi connectivity index (χ1) is 9.68. The number of aryl methyl sites for hydroxylation is 1. The monoisotopic (exact) mass is 342 g/mol. The third-order valence-electron chi connectivity index (χ3n) is 3.45. The van der Waals surface area contributed by atoms with Crippen molar-refractivity contribution in [3.05, 3.63) is 50.7 Å². The number of hydrogen-bond acceptors (Lipinski definition) is 3. The molecule has 0 spiro atoms. The van der Waals surface area contributed by atoms with Crippen molar-refractivity contribution in [3.63, 3.8) is 0 Å². The van der Waals surface area contributed by atoms with E-state index in [9.17, 15) is 4.79 Å². The van der Waals surface area contributed by atoms with Crippen molar-refractivity contribution in [3.8, 4) is 0 Å². The molecule has 0 saturated carbocycles. The highest BCUT2D eigenvalue weighted by Crippen LogP contribution is 2.31. The van der Waals surface area contributed by atoms with E-state index in [4.69, 9.17) is 11.6 Å². The number of fused-ring (bicyclic) bond motifs is 1. The van der Waals surface area contributed by atoms with Gasteiger partial charge in [0.1, 0.15) is 4.88 Å².